The third-order valence-electron chi connectivity index (χ3n) is 3.72. The van der Waals surface area contributed by atoms with Crippen molar-refractivity contribution in [3.8, 4) is 11.5 Å². The monoisotopic (exact) mass is 327 g/mol. The van der Waals surface area contributed by atoms with E-state index in [2.05, 4.69) is 10.6 Å². The standard InChI is InChI=1S/C18H21N3O3/c1-21(2)15-6-3-13(4-7-15)20-18(22)9-10-19-14-5-8-16-17(11-14)24-12-23-16/h3-8,11,19H,9-10,12H2,1-2H3,(H,20,22). The summed E-state index contributed by atoms with van der Waals surface area (Å²) in [6, 6.07) is 13.4. The van der Waals surface area contributed by atoms with Gasteiger partial charge in [-0.15, -0.1) is 0 Å². The van der Waals surface area contributed by atoms with Crippen LogP contribution in [0.25, 0.3) is 0 Å². The number of ether oxygens (including phenoxy) is 2. The van der Waals surface area contributed by atoms with Gasteiger partial charge < -0.3 is 25.0 Å². The lowest BCUT2D eigenvalue weighted by Gasteiger charge is -2.13. The molecule has 2 N–H and O–H groups in total. The number of anilines is 3. The minimum absolute atomic E-state index is 0.0270. The van der Waals surface area contributed by atoms with Crippen LogP contribution < -0.4 is 25.0 Å². The Balaban J connectivity index is 1.45. The Morgan fingerprint density at radius 3 is 2.50 bits per heavy atom. The van der Waals surface area contributed by atoms with E-state index in [-0.39, 0.29) is 12.7 Å². The number of nitrogens with zero attached hydrogens (tertiary/aromatic N) is 1. The lowest BCUT2D eigenvalue weighted by molar-refractivity contribution is -0.115. The fourth-order valence-electron chi connectivity index (χ4n) is 2.39. The molecule has 1 amide bonds. The molecule has 3 rings (SSSR count). The van der Waals surface area contributed by atoms with Crippen LogP contribution in [0.15, 0.2) is 42.5 Å². The lowest BCUT2D eigenvalue weighted by Crippen LogP contribution is -2.16. The van der Waals surface area contributed by atoms with Gasteiger partial charge in [-0.05, 0) is 36.4 Å². The van der Waals surface area contributed by atoms with Crippen molar-refractivity contribution in [2.45, 2.75) is 6.42 Å². The molecular weight excluding hydrogens is 306 g/mol. The van der Waals surface area contributed by atoms with Crippen molar-refractivity contribution >= 4 is 23.0 Å². The first kappa shape index (κ1) is 16.0. The molecule has 2 aromatic carbocycles. The highest BCUT2D eigenvalue weighted by Crippen LogP contribution is 2.34. The molecule has 0 radical (unpaired) electrons. The Hall–Kier alpha value is -2.89. The molecular formula is C18H21N3O3. The van der Waals surface area contributed by atoms with Crippen molar-refractivity contribution < 1.29 is 14.3 Å². The molecule has 0 saturated carbocycles. The first-order chi connectivity index (χ1) is 11.6. The Labute approximate surface area is 141 Å². The number of rotatable bonds is 6. The summed E-state index contributed by atoms with van der Waals surface area (Å²) in [5.74, 6) is 1.45. The topological polar surface area (TPSA) is 62.8 Å². The van der Waals surface area contributed by atoms with Crippen molar-refractivity contribution in [3.63, 3.8) is 0 Å². The van der Waals surface area contributed by atoms with Gasteiger partial charge in [-0.1, -0.05) is 0 Å². The Kier molecular flexibility index (Phi) is 4.74. The molecule has 2 aromatic rings. The summed E-state index contributed by atoms with van der Waals surface area (Å²) in [4.78, 5) is 14.0. The average molecular weight is 327 g/mol. The summed E-state index contributed by atoms with van der Waals surface area (Å²) in [7, 11) is 3.96. The average Bonchev–Trinajstić information content (AvgIpc) is 3.03. The van der Waals surface area contributed by atoms with Crippen LogP contribution in [0.1, 0.15) is 6.42 Å². The second-order valence-corrected chi connectivity index (χ2v) is 5.73. The van der Waals surface area contributed by atoms with E-state index in [1.54, 1.807) is 0 Å². The largest absolute Gasteiger partial charge is 0.454 e. The van der Waals surface area contributed by atoms with Gasteiger partial charge in [-0.25, -0.2) is 0 Å². The van der Waals surface area contributed by atoms with E-state index in [1.165, 1.54) is 0 Å². The van der Waals surface area contributed by atoms with Crippen molar-refractivity contribution in [2.75, 3.05) is 43.0 Å². The predicted molar refractivity (Wildman–Crippen MR) is 95.1 cm³/mol. The Bertz CT molecular complexity index is 714. The molecule has 0 aliphatic carbocycles. The van der Waals surface area contributed by atoms with E-state index in [0.29, 0.717) is 13.0 Å². The number of benzene rings is 2. The maximum absolute atomic E-state index is 12.0. The minimum Gasteiger partial charge on any atom is -0.454 e. The number of amides is 1. The smallest absolute Gasteiger partial charge is 0.231 e. The SMILES string of the molecule is CN(C)c1ccc(NC(=O)CCNc2ccc3c(c2)OCO3)cc1. The van der Waals surface area contributed by atoms with E-state index in [4.69, 9.17) is 9.47 Å². The van der Waals surface area contributed by atoms with E-state index in [1.807, 2.05) is 61.5 Å². The quantitative estimate of drug-likeness (QED) is 0.854. The van der Waals surface area contributed by atoms with Crippen molar-refractivity contribution in [1.29, 1.82) is 0 Å². The first-order valence-electron chi connectivity index (χ1n) is 7.82. The maximum atomic E-state index is 12.0. The van der Waals surface area contributed by atoms with Crippen LogP contribution in [0, 0.1) is 0 Å². The Morgan fingerprint density at radius 2 is 1.75 bits per heavy atom. The predicted octanol–water partition coefficient (Wildman–Crippen LogP) is 2.92. The molecule has 1 aliphatic heterocycles. The normalized spacial score (nSPS) is 11.9. The number of nitrogens with one attached hydrogen (secondary N) is 2. The molecule has 0 fully saturated rings. The zero-order valence-electron chi connectivity index (χ0n) is 13.8. The number of hydrogen-bond acceptors (Lipinski definition) is 5. The van der Waals surface area contributed by atoms with Gasteiger partial charge in [0.2, 0.25) is 12.7 Å². The highest BCUT2D eigenvalue weighted by molar-refractivity contribution is 5.91. The van der Waals surface area contributed by atoms with E-state index < -0.39 is 0 Å². The van der Waals surface area contributed by atoms with Crippen molar-refractivity contribution in [3.05, 3.63) is 42.5 Å². The van der Waals surface area contributed by atoms with Gasteiger partial charge >= 0.3 is 0 Å². The number of fused-ring (bicyclic) bond motifs is 1. The van der Waals surface area contributed by atoms with Crippen LogP contribution in [0.4, 0.5) is 17.1 Å². The number of hydrogen-bond donors (Lipinski definition) is 2. The zero-order valence-corrected chi connectivity index (χ0v) is 13.8. The number of carbonyl (C=O) groups excluding carboxylic acids is 1. The van der Waals surface area contributed by atoms with Crippen LogP contribution in [0.2, 0.25) is 0 Å². The fraction of sp³-hybridized carbons (Fsp3) is 0.278. The minimum atomic E-state index is -0.0270. The number of carbonyl (C=O) groups is 1. The zero-order chi connectivity index (χ0) is 16.9. The molecule has 6 nitrogen and oxygen atoms in total. The summed E-state index contributed by atoms with van der Waals surface area (Å²) < 4.78 is 10.6. The molecule has 0 bridgehead atoms. The molecule has 0 unspecified atom stereocenters. The van der Waals surface area contributed by atoms with Gasteiger partial charge in [0, 0.05) is 50.2 Å². The molecule has 1 heterocycles. The van der Waals surface area contributed by atoms with Gasteiger partial charge in [0.1, 0.15) is 0 Å². The van der Waals surface area contributed by atoms with E-state index in [0.717, 1.165) is 28.6 Å². The van der Waals surface area contributed by atoms with Crippen LogP contribution >= 0.6 is 0 Å². The van der Waals surface area contributed by atoms with Crippen molar-refractivity contribution in [1.82, 2.24) is 0 Å². The third kappa shape index (κ3) is 3.90. The van der Waals surface area contributed by atoms with Gasteiger partial charge in [-0.2, -0.15) is 0 Å². The van der Waals surface area contributed by atoms with E-state index >= 15 is 0 Å². The summed E-state index contributed by atoms with van der Waals surface area (Å²) in [5, 5.41) is 6.11. The maximum Gasteiger partial charge on any atom is 0.231 e. The summed E-state index contributed by atoms with van der Waals surface area (Å²) in [6.07, 6.45) is 0.379. The van der Waals surface area contributed by atoms with Crippen molar-refractivity contribution in [2.24, 2.45) is 0 Å². The van der Waals surface area contributed by atoms with Crippen LogP contribution in [0.5, 0.6) is 11.5 Å². The van der Waals surface area contributed by atoms with Crippen LogP contribution in [0.3, 0.4) is 0 Å². The first-order valence-corrected chi connectivity index (χ1v) is 7.82. The highest BCUT2D eigenvalue weighted by atomic mass is 16.7. The van der Waals surface area contributed by atoms with E-state index in [9.17, 15) is 4.79 Å². The molecule has 1 aliphatic rings. The second-order valence-electron chi connectivity index (χ2n) is 5.73. The van der Waals surface area contributed by atoms with Crippen LogP contribution in [-0.2, 0) is 4.79 Å². The third-order valence-corrected chi connectivity index (χ3v) is 3.72. The lowest BCUT2D eigenvalue weighted by atomic mass is 10.2. The molecule has 0 saturated heterocycles. The van der Waals surface area contributed by atoms with Crippen LogP contribution in [-0.4, -0.2) is 33.3 Å². The summed E-state index contributed by atoms with van der Waals surface area (Å²) >= 11 is 0. The molecule has 6 heteroatoms. The second kappa shape index (κ2) is 7.12. The molecule has 0 aromatic heterocycles. The van der Waals surface area contributed by atoms with Gasteiger partial charge in [-0.3, -0.25) is 4.79 Å². The highest BCUT2D eigenvalue weighted by Gasteiger charge is 2.13. The van der Waals surface area contributed by atoms with Gasteiger partial charge in [0.05, 0.1) is 0 Å². The molecule has 126 valence electrons. The molecule has 24 heavy (non-hydrogen) atoms. The summed E-state index contributed by atoms with van der Waals surface area (Å²) in [6.45, 7) is 0.801. The summed E-state index contributed by atoms with van der Waals surface area (Å²) in [5.41, 5.74) is 2.80. The van der Waals surface area contributed by atoms with Gasteiger partial charge in [0.25, 0.3) is 0 Å². The fourth-order valence-corrected chi connectivity index (χ4v) is 2.39. The van der Waals surface area contributed by atoms with Gasteiger partial charge in [0.15, 0.2) is 11.5 Å². The molecule has 0 spiro atoms. The Morgan fingerprint density at radius 1 is 1.04 bits per heavy atom. The molecule has 0 atom stereocenters.